The van der Waals surface area contributed by atoms with Gasteiger partial charge in [-0.1, -0.05) is 0 Å². The van der Waals surface area contributed by atoms with E-state index in [1.807, 2.05) is 24.0 Å². The Morgan fingerprint density at radius 2 is 1.00 bits per heavy atom. The van der Waals surface area contributed by atoms with Gasteiger partial charge in [-0.15, -0.1) is 0 Å². The zero-order valence-corrected chi connectivity index (χ0v) is 62.1. The second-order valence-electron chi connectivity index (χ2n) is 29.3. The number of carbonyl (C=O) groups excluding carboxylic acids is 3. The number of amides is 3. The molecule has 104 heavy (non-hydrogen) atoms. The Bertz CT molecular complexity index is 3210. The molecular weight excluding hydrogens is 1370 g/mol. The number of methoxy groups -OCH3 is 4. The van der Waals surface area contributed by atoms with Crippen molar-refractivity contribution in [1.29, 1.82) is 0 Å². The van der Waals surface area contributed by atoms with Crippen molar-refractivity contribution in [3.63, 3.8) is 0 Å². The van der Waals surface area contributed by atoms with Crippen LogP contribution in [0.5, 0.6) is 0 Å². The number of benzene rings is 2. The number of nitrogens with zero attached hydrogens (tertiary/aromatic N) is 4. The number of anilines is 1. The molecule has 0 bridgehead atoms. The van der Waals surface area contributed by atoms with E-state index in [2.05, 4.69) is 26.2 Å². The predicted octanol–water partition coefficient (Wildman–Crippen LogP) is 3.91. The van der Waals surface area contributed by atoms with Crippen LogP contribution in [0.25, 0.3) is 0 Å². The third-order valence-corrected chi connectivity index (χ3v) is 18.7. The maximum atomic E-state index is 14.8. The number of aliphatic hydroxyl groups is 2. The topological polar surface area (TPSA) is 393 Å². The number of aliphatic hydroxyl groups excluding tert-OH is 2. The average molecular weight is 1480 g/mol. The number of ether oxygens (including phenoxy) is 21. The van der Waals surface area contributed by atoms with Crippen molar-refractivity contribution in [2.45, 2.75) is 266 Å². The van der Waals surface area contributed by atoms with Gasteiger partial charge in [-0.2, -0.15) is 10.2 Å². The Labute approximate surface area is 604 Å². The first-order valence-electron chi connectivity index (χ1n) is 35.1. The van der Waals surface area contributed by atoms with Gasteiger partial charge in [0.2, 0.25) is 17.7 Å². The van der Waals surface area contributed by atoms with E-state index in [1.165, 1.54) is 52.7 Å². The van der Waals surface area contributed by atoms with E-state index in [4.69, 9.17) is 99.5 Å². The Balaban J connectivity index is 0.837. The summed E-state index contributed by atoms with van der Waals surface area (Å²) in [6.07, 6.45) is -21.8. The fourth-order valence-electron chi connectivity index (χ4n) is 14.1. The first kappa shape index (κ1) is 81.3. The quantitative estimate of drug-likeness (QED) is 0.0222. The molecule has 3 amide bonds. The lowest BCUT2D eigenvalue weighted by Gasteiger charge is -2.43. The number of likely N-dealkylation sites (N-methyl/N-ethyl adjacent to an activating group) is 1. The van der Waals surface area contributed by atoms with Crippen molar-refractivity contribution in [3.8, 4) is 0 Å². The van der Waals surface area contributed by atoms with E-state index in [0.29, 0.717) is 24.5 Å². The number of hydrogen-bond acceptors (Lipinski definition) is 31. The average Bonchev–Trinajstić information content (AvgIpc) is 1.60. The third-order valence-electron chi connectivity index (χ3n) is 18.7. The molecule has 2 aromatic carbocycles. The molecule has 5 N–H and O–H groups in total. The molecular formula is C69H105N7O28. The molecule has 0 unspecified atom stereocenters. The molecule has 35 heteroatoms. The Kier molecular flexibility index (Phi) is 26.3. The van der Waals surface area contributed by atoms with Crippen molar-refractivity contribution in [3.05, 3.63) is 58.6 Å². The molecule has 8 saturated heterocycles. The van der Waals surface area contributed by atoms with E-state index in [0.717, 1.165) is 5.69 Å². The molecule has 2 aromatic rings. The van der Waals surface area contributed by atoms with Crippen molar-refractivity contribution >= 4 is 40.5 Å². The largest absolute Gasteiger partial charge is 0.385 e. The number of carbonyl (C=O) groups is 3. The summed E-state index contributed by atoms with van der Waals surface area (Å²) in [6.45, 7) is 22.7. The van der Waals surface area contributed by atoms with Gasteiger partial charge in [0, 0.05) is 78.9 Å². The van der Waals surface area contributed by atoms with Gasteiger partial charge in [-0.3, -0.25) is 24.5 Å². The standard InChI is InChI=1S/C69H105N7O28/c1-18-75(38-23-19-36(20-24-38)73-74-37-21-25-39(26-22-37)76(82)83)29-30-88-35-46(78)72-40(59(81)71-32-42-52-54(100-67(8,9)98-52)48(80)61(92-42)94-50(44-34-90-65(4,5)96-44)56-58(63(86-16)87-17)104-69(12,13)102-56)27-28-45(77)70-31-41-51-53(99-66(6,7)97-51)47(79)60(91-41)93-49(43-33-89-64(2,3)95-43)55-57(62(84-14)85-15)103-68(10,11)101-55/h19-26,40-44,47-58,60-63,79-80H,18,27-35H2,1-17H3,(H,70,77)(H,71,81)(H,72,78)/t40-,41-,42-,43-,44-,47-,48-,49-,50-,51+,52+,53-,54-,55+,56+,57-,58-,60+,61+/m1/s1. The van der Waals surface area contributed by atoms with Crippen molar-refractivity contribution in [2.75, 3.05) is 85.9 Å². The lowest BCUT2D eigenvalue weighted by atomic mass is 9.97. The molecule has 8 aliphatic rings. The number of non-ortho nitro benzene ring substituents is 1. The lowest BCUT2D eigenvalue weighted by molar-refractivity contribution is -0.384. The van der Waals surface area contributed by atoms with Crippen molar-refractivity contribution in [1.82, 2.24) is 16.0 Å². The summed E-state index contributed by atoms with van der Waals surface area (Å²) in [4.78, 5) is 55.7. The minimum atomic E-state index is -1.48. The lowest BCUT2D eigenvalue weighted by Crippen LogP contribution is -2.62. The number of nitrogens with one attached hydrogen (secondary N) is 3. The molecule has 0 aliphatic carbocycles. The van der Waals surface area contributed by atoms with Crippen LogP contribution in [0, 0.1) is 10.1 Å². The van der Waals surface area contributed by atoms with E-state index in [9.17, 15) is 34.7 Å². The molecule has 10 rings (SSSR count). The molecule has 8 fully saturated rings. The monoisotopic (exact) mass is 1480 g/mol. The summed E-state index contributed by atoms with van der Waals surface area (Å²) in [5.74, 6) is -8.81. The molecule has 8 heterocycles. The van der Waals surface area contributed by atoms with E-state index in [-0.39, 0.29) is 51.4 Å². The van der Waals surface area contributed by atoms with Crippen LogP contribution in [0.1, 0.15) is 103 Å². The van der Waals surface area contributed by atoms with Gasteiger partial charge in [0.15, 0.2) is 59.9 Å². The van der Waals surface area contributed by atoms with Crippen LogP contribution in [-0.4, -0.2) is 277 Å². The number of nitro groups is 1. The predicted molar refractivity (Wildman–Crippen MR) is 359 cm³/mol. The number of rotatable bonds is 33. The SMILES string of the molecule is CCN(CCOCC(=O)N[C@H](CCC(=O)NC[C@H]1O[C@@H](O[C@@H]([C@@H]2OC(C)(C)O[C@H]2C(OC)OC)[C@H]2COC(C)(C)O2)[C@H](O)[C@H]2OC(C)(C)O[C@H]21)C(=O)NC[C@H]1O[C@@H](O[C@@H]([C@@H]2OC(C)(C)O[C@H]2C(OC)OC)[C@H]2COC(C)(C)O2)[C@H](O)[C@H]2OC(C)(C)O[C@H]21)c1ccc(N=Nc2ccc([N+](=O)[O-])cc2)cc1. The second-order valence-corrected chi connectivity index (χ2v) is 29.3. The minimum Gasteiger partial charge on any atom is -0.385 e. The van der Waals surface area contributed by atoms with Crippen molar-refractivity contribution in [2.24, 2.45) is 10.2 Å². The number of fused-ring (bicyclic) bond motifs is 2. The van der Waals surface area contributed by atoms with Crippen LogP contribution >= 0.6 is 0 Å². The van der Waals surface area contributed by atoms with E-state index >= 15 is 0 Å². The van der Waals surface area contributed by atoms with Crippen LogP contribution in [0.3, 0.4) is 0 Å². The number of azo groups is 1. The fourth-order valence-corrected chi connectivity index (χ4v) is 14.1. The van der Waals surface area contributed by atoms with Crippen LogP contribution in [0.15, 0.2) is 58.8 Å². The summed E-state index contributed by atoms with van der Waals surface area (Å²) in [7, 11) is 5.84. The molecule has 584 valence electrons. The normalized spacial score (nSPS) is 33.0. The van der Waals surface area contributed by atoms with Gasteiger partial charge < -0.3 is 131 Å². The Hall–Kier alpha value is -5.27. The third kappa shape index (κ3) is 20.2. The molecule has 0 radical (unpaired) electrons. The highest BCUT2D eigenvalue weighted by atomic mass is 16.8. The van der Waals surface area contributed by atoms with Crippen LogP contribution in [-0.2, 0) is 114 Å². The highest BCUT2D eigenvalue weighted by Crippen LogP contribution is 2.45. The maximum Gasteiger partial charge on any atom is 0.269 e. The van der Waals surface area contributed by atoms with E-state index in [1.54, 1.807) is 95.2 Å². The molecule has 35 nitrogen and oxygen atoms in total. The Morgan fingerprint density at radius 3 is 1.42 bits per heavy atom. The summed E-state index contributed by atoms with van der Waals surface area (Å²) >= 11 is 0. The maximum absolute atomic E-state index is 14.8. The Morgan fingerprint density at radius 1 is 0.577 bits per heavy atom. The number of hydrogen-bond donors (Lipinski definition) is 5. The van der Waals surface area contributed by atoms with E-state index < -0.39 is 193 Å². The van der Waals surface area contributed by atoms with Crippen LogP contribution in [0.2, 0.25) is 0 Å². The van der Waals surface area contributed by atoms with Crippen molar-refractivity contribution < 1.29 is 129 Å². The van der Waals surface area contributed by atoms with Gasteiger partial charge in [0.25, 0.3) is 5.69 Å². The van der Waals surface area contributed by atoms with Gasteiger partial charge >= 0.3 is 0 Å². The first-order chi connectivity index (χ1) is 49.0. The molecule has 0 saturated carbocycles. The molecule has 8 aliphatic heterocycles. The highest BCUT2D eigenvalue weighted by molar-refractivity contribution is 5.88. The second kappa shape index (κ2) is 33.7. The summed E-state index contributed by atoms with van der Waals surface area (Å²) < 4.78 is 131. The summed E-state index contributed by atoms with van der Waals surface area (Å²) in [5.41, 5.74) is 1.75. The van der Waals surface area contributed by atoms with Crippen LogP contribution in [0.4, 0.5) is 22.7 Å². The van der Waals surface area contributed by atoms with Gasteiger partial charge in [-0.05, 0) is 133 Å². The van der Waals surface area contributed by atoms with Gasteiger partial charge in [0.1, 0.15) is 110 Å². The molecule has 0 spiro atoms. The zero-order valence-electron chi connectivity index (χ0n) is 62.1. The van der Waals surface area contributed by atoms with Gasteiger partial charge in [0.05, 0.1) is 36.1 Å². The first-order valence-corrected chi connectivity index (χ1v) is 35.1. The summed E-state index contributed by atoms with van der Waals surface area (Å²) in [6, 6.07) is 11.6. The minimum absolute atomic E-state index is 0.0473. The fraction of sp³-hybridized carbons (Fsp3) is 0.783. The zero-order chi connectivity index (χ0) is 75.4. The molecule has 0 aromatic heterocycles. The number of nitro benzene ring substituents is 1. The van der Waals surface area contributed by atoms with Gasteiger partial charge in [-0.25, -0.2) is 0 Å². The van der Waals surface area contributed by atoms with Crippen LogP contribution < -0.4 is 20.9 Å². The molecule has 19 atom stereocenters. The summed E-state index contributed by atoms with van der Waals surface area (Å²) in [5, 5.41) is 52.3. The highest BCUT2D eigenvalue weighted by Gasteiger charge is 2.62. The smallest absolute Gasteiger partial charge is 0.269 e.